The Balaban J connectivity index is 2.13. The summed E-state index contributed by atoms with van der Waals surface area (Å²) in [4.78, 5) is 22.9. The van der Waals surface area contributed by atoms with Crippen molar-refractivity contribution in [1.82, 2.24) is 0 Å². The first-order chi connectivity index (χ1) is 8.12. The molecule has 0 saturated carbocycles. The lowest BCUT2D eigenvalue weighted by Crippen LogP contribution is -2.31. The van der Waals surface area contributed by atoms with Crippen molar-refractivity contribution in [2.45, 2.75) is 25.6 Å². The van der Waals surface area contributed by atoms with Gasteiger partial charge in [-0.1, -0.05) is 24.3 Å². The molecule has 0 amide bonds. The number of hydrogen-bond acceptors (Lipinski definition) is 4. The molecular formula is C13H12O4. The number of fused-ring (bicyclic) bond motifs is 1. The van der Waals surface area contributed by atoms with Crippen LogP contribution in [0.25, 0.3) is 0 Å². The van der Waals surface area contributed by atoms with E-state index in [9.17, 15) is 9.59 Å². The van der Waals surface area contributed by atoms with Crippen LogP contribution in [0, 0.1) is 12.8 Å². The maximum Gasteiger partial charge on any atom is 0.309 e. The van der Waals surface area contributed by atoms with Gasteiger partial charge in [-0.25, -0.2) is 0 Å². The van der Waals surface area contributed by atoms with Crippen molar-refractivity contribution >= 4 is 11.9 Å². The second kappa shape index (κ2) is 3.32. The lowest BCUT2D eigenvalue weighted by atomic mass is 9.89. The monoisotopic (exact) mass is 232 g/mol. The zero-order valence-corrected chi connectivity index (χ0v) is 9.43. The number of carbonyl (C=O) groups excluding carboxylic acids is 2. The van der Waals surface area contributed by atoms with Gasteiger partial charge in [-0.3, -0.25) is 9.59 Å². The van der Waals surface area contributed by atoms with Gasteiger partial charge in [0.25, 0.3) is 5.79 Å². The second-order valence-electron chi connectivity index (χ2n) is 4.54. The Morgan fingerprint density at radius 1 is 1.12 bits per heavy atom. The second-order valence-corrected chi connectivity index (χ2v) is 4.54. The van der Waals surface area contributed by atoms with Crippen molar-refractivity contribution < 1.29 is 19.1 Å². The molecule has 4 heteroatoms. The minimum atomic E-state index is -1.17. The molecule has 0 aromatic heterocycles. The highest BCUT2D eigenvalue weighted by Gasteiger charge is 2.59. The molecular weight excluding hydrogens is 220 g/mol. The van der Waals surface area contributed by atoms with E-state index in [2.05, 4.69) is 0 Å². The van der Waals surface area contributed by atoms with Crippen LogP contribution < -0.4 is 0 Å². The van der Waals surface area contributed by atoms with Crippen LogP contribution in [-0.4, -0.2) is 11.9 Å². The first kappa shape index (κ1) is 10.3. The molecule has 17 heavy (non-hydrogen) atoms. The van der Waals surface area contributed by atoms with Crippen molar-refractivity contribution in [2.24, 2.45) is 5.92 Å². The number of benzene rings is 1. The number of ether oxygens (including phenoxy) is 2. The van der Waals surface area contributed by atoms with Crippen LogP contribution in [0.15, 0.2) is 24.3 Å². The van der Waals surface area contributed by atoms with Gasteiger partial charge in [0.1, 0.15) is 0 Å². The third-order valence-corrected chi connectivity index (χ3v) is 3.41. The van der Waals surface area contributed by atoms with E-state index >= 15 is 0 Å². The van der Waals surface area contributed by atoms with E-state index in [0.29, 0.717) is 0 Å². The fraction of sp³-hybridized carbons (Fsp3) is 0.385. The van der Waals surface area contributed by atoms with Gasteiger partial charge < -0.3 is 9.47 Å². The Labute approximate surface area is 98.5 Å². The van der Waals surface area contributed by atoms with E-state index in [0.717, 1.165) is 11.1 Å². The maximum absolute atomic E-state index is 11.4. The largest absolute Gasteiger partial charge is 0.417 e. The summed E-state index contributed by atoms with van der Waals surface area (Å²) in [6.45, 7) is 1.92. The standard InChI is InChI=1S/C13H12O4/c1-8-4-2-3-5-10(8)13-9(6-11(14)16-13)7-12(15)17-13/h2-5,9H,6-7H2,1H3. The first-order valence-electron chi connectivity index (χ1n) is 5.61. The molecule has 1 aromatic carbocycles. The Morgan fingerprint density at radius 2 is 1.71 bits per heavy atom. The maximum atomic E-state index is 11.4. The van der Waals surface area contributed by atoms with Crippen LogP contribution in [0.3, 0.4) is 0 Å². The molecule has 2 aliphatic heterocycles. The lowest BCUT2D eigenvalue weighted by Gasteiger charge is -2.27. The number of hydrogen-bond donors (Lipinski definition) is 0. The molecule has 2 aliphatic rings. The van der Waals surface area contributed by atoms with E-state index in [1.165, 1.54) is 0 Å². The van der Waals surface area contributed by atoms with Gasteiger partial charge in [-0.15, -0.1) is 0 Å². The van der Waals surface area contributed by atoms with Crippen LogP contribution in [0.1, 0.15) is 24.0 Å². The van der Waals surface area contributed by atoms with Crippen LogP contribution in [-0.2, 0) is 24.8 Å². The van der Waals surface area contributed by atoms with E-state index < -0.39 is 5.79 Å². The summed E-state index contributed by atoms with van der Waals surface area (Å²) in [7, 11) is 0. The molecule has 2 fully saturated rings. The third kappa shape index (κ3) is 1.37. The van der Waals surface area contributed by atoms with Crippen molar-refractivity contribution in [3.63, 3.8) is 0 Å². The summed E-state index contributed by atoms with van der Waals surface area (Å²) in [6, 6.07) is 7.52. The quantitative estimate of drug-likeness (QED) is 0.691. The Morgan fingerprint density at radius 3 is 2.29 bits per heavy atom. The number of carbonyl (C=O) groups is 2. The van der Waals surface area contributed by atoms with Gasteiger partial charge in [0.05, 0.1) is 18.8 Å². The summed E-state index contributed by atoms with van der Waals surface area (Å²) < 4.78 is 10.7. The molecule has 2 saturated heterocycles. The van der Waals surface area contributed by atoms with Crippen molar-refractivity contribution in [2.75, 3.05) is 0 Å². The van der Waals surface area contributed by atoms with Crippen molar-refractivity contribution in [1.29, 1.82) is 0 Å². The smallest absolute Gasteiger partial charge is 0.309 e. The zero-order valence-electron chi connectivity index (χ0n) is 9.43. The highest BCUT2D eigenvalue weighted by atomic mass is 16.7. The molecule has 0 bridgehead atoms. The lowest BCUT2D eigenvalue weighted by molar-refractivity contribution is -0.210. The summed E-state index contributed by atoms with van der Waals surface area (Å²) in [5, 5.41) is 0. The Hall–Kier alpha value is -1.84. The van der Waals surface area contributed by atoms with E-state index in [-0.39, 0.29) is 30.7 Å². The molecule has 88 valence electrons. The van der Waals surface area contributed by atoms with Gasteiger partial charge in [-0.05, 0) is 12.5 Å². The minimum absolute atomic E-state index is 0.191. The Bertz CT molecular complexity index is 486. The number of aryl methyl sites for hydroxylation is 1. The summed E-state index contributed by atoms with van der Waals surface area (Å²) >= 11 is 0. The van der Waals surface area contributed by atoms with Gasteiger partial charge in [0.15, 0.2) is 0 Å². The Kier molecular flexibility index (Phi) is 2.02. The number of rotatable bonds is 1. The molecule has 0 aliphatic carbocycles. The fourth-order valence-electron chi connectivity index (χ4n) is 2.65. The summed E-state index contributed by atoms with van der Waals surface area (Å²) in [5.74, 6) is -1.96. The average molecular weight is 232 g/mol. The molecule has 4 nitrogen and oxygen atoms in total. The average Bonchev–Trinajstić information content (AvgIpc) is 2.70. The van der Waals surface area contributed by atoms with Crippen LogP contribution >= 0.6 is 0 Å². The molecule has 3 rings (SSSR count). The molecule has 1 aromatic rings. The predicted molar refractivity (Wildman–Crippen MR) is 57.8 cm³/mol. The molecule has 2 heterocycles. The van der Waals surface area contributed by atoms with Gasteiger partial charge in [0.2, 0.25) is 0 Å². The summed E-state index contributed by atoms with van der Waals surface area (Å²) in [5.41, 5.74) is 1.74. The highest BCUT2D eigenvalue weighted by molar-refractivity contribution is 5.80. The molecule has 0 N–H and O–H groups in total. The third-order valence-electron chi connectivity index (χ3n) is 3.41. The van der Waals surface area contributed by atoms with Crippen molar-refractivity contribution in [3.8, 4) is 0 Å². The molecule has 0 unspecified atom stereocenters. The zero-order chi connectivity index (χ0) is 12.0. The molecule has 0 atom stereocenters. The minimum Gasteiger partial charge on any atom is -0.417 e. The van der Waals surface area contributed by atoms with Crippen molar-refractivity contribution in [3.05, 3.63) is 35.4 Å². The topological polar surface area (TPSA) is 52.6 Å². The normalized spacial score (nSPS) is 31.0. The van der Waals surface area contributed by atoms with E-state index in [1.807, 2.05) is 31.2 Å². The molecule has 0 spiro atoms. The van der Waals surface area contributed by atoms with Gasteiger partial charge in [0, 0.05) is 5.56 Å². The first-order valence-corrected chi connectivity index (χ1v) is 5.61. The molecule has 0 radical (unpaired) electrons. The van der Waals surface area contributed by atoms with Crippen LogP contribution in [0.2, 0.25) is 0 Å². The SMILES string of the molecule is Cc1ccccc1C12OC(=O)CC1CC(=O)O2. The van der Waals surface area contributed by atoms with Gasteiger partial charge in [-0.2, -0.15) is 0 Å². The number of esters is 2. The highest BCUT2D eigenvalue weighted by Crippen LogP contribution is 2.50. The van der Waals surface area contributed by atoms with E-state index in [4.69, 9.17) is 9.47 Å². The van der Waals surface area contributed by atoms with Crippen LogP contribution in [0.4, 0.5) is 0 Å². The van der Waals surface area contributed by atoms with E-state index in [1.54, 1.807) is 0 Å². The predicted octanol–water partition coefficient (Wildman–Crippen LogP) is 1.66. The summed E-state index contributed by atoms with van der Waals surface area (Å²) in [6.07, 6.45) is 0.500. The fourth-order valence-corrected chi connectivity index (χ4v) is 2.65. The van der Waals surface area contributed by atoms with Gasteiger partial charge >= 0.3 is 11.9 Å². The van der Waals surface area contributed by atoms with Crippen LogP contribution in [0.5, 0.6) is 0 Å².